The molecule has 0 aliphatic heterocycles. The number of allylic oxidation sites excluding steroid dienone is 1. The molecule has 0 aromatic carbocycles. The molecule has 0 aromatic rings. The van der Waals surface area contributed by atoms with Crippen molar-refractivity contribution in [3.63, 3.8) is 0 Å². The van der Waals surface area contributed by atoms with Crippen LogP contribution in [0.15, 0.2) is 11.6 Å². The van der Waals surface area contributed by atoms with Crippen LogP contribution in [0.2, 0.25) is 0 Å². The number of rotatable bonds is 9. The summed E-state index contributed by atoms with van der Waals surface area (Å²) in [5.74, 6) is 1.96. The van der Waals surface area contributed by atoms with Crippen LogP contribution in [-0.2, 0) is 9.53 Å². The molecule has 0 radical (unpaired) electrons. The number of alkyl halides is 3. The second-order valence-electron chi connectivity index (χ2n) is 12.8. The predicted molar refractivity (Wildman–Crippen MR) is 134 cm³/mol. The standard InChI is InChI=1S/C30H47F3O2/c1-4-5-6-7-8-9-10-21-12-14-25-24-13-11-22-19-23(35-27(34)20-30(31,32)33)15-17-29(22,3)26(24)16-18-28(21,25)2/h11,21,23-26H,4-10,12-20H2,1-3H3/t21?,23-,24?,25?,26?,28+,29-/m0/s1. The molecular weight excluding hydrogens is 449 g/mol. The minimum atomic E-state index is -4.50. The van der Waals surface area contributed by atoms with Crippen molar-refractivity contribution in [1.29, 1.82) is 0 Å². The van der Waals surface area contributed by atoms with Crippen LogP contribution in [0.25, 0.3) is 0 Å². The predicted octanol–water partition coefficient (Wildman–Crippen LogP) is 9.18. The molecule has 4 aliphatic rings. The number of esters is 1. The lowest BCUT2D eigenvalue weighted by Gasteiger charge is -2.58. The van der Waals surface area contributed by atoms with E-state index >= 15 is 0 Å². The lowest BCUT2D eigenvalue weighted by Crippen LogP contribution is -2.50. The summed E-state index contributed by atoms with van der Waals surface area (Å²) in [5, 5.41) is 0. The molecular formula is C30H47F3O2. The molecule has 4 rings (SSSR count). The Labute approximate surface area is 210 Å². The van der Waals surface area contributed by atoms with Gasteiger partial charge in [0.05, 0.1) is 0 Å². The third kappa shape index (κ3) is 5.79. The van der Waals surface area contributed by atoms with E-state index in [1.54, 1.807) is 0 Å². The first-order chi connectivity index (χ1) is 16.6. The smallest absolute Gasteiger partial charge is 0.399 e. The van der Waals surface area contributed by atoms with Crippen LogP contribution < -0.4 is 0 Å². The van der Waals surface area contributed by atoms with Crippen molar-refractivity contribution < 1.29 is 22.7 Å². The van der Waals surface area contributed by atoms with Crippen molar-refractivity contribution in [2.75, 3.05) is 0 Å². The molecule has 3 fully saturated rings. The van der Waals surface area contributed by atoms with Gasteiger partial charge in [-0.15, -0.1) is 0 Å². The summed E-state index contributed by atoms with van der Waals surface area (Å²) in [6.07, 6.45) is 14.4. The van der Waals surface area contributed by atoms with Crippen LogP contribution in [0.4, 0.5) is 13.2 Å². The van der Waals surface area contributed by atoms with Crippen LogP contribution in [0.1, 0.15) is 124 Å². The Hall–Kier alpha value is -1.00. The van der Waals surface area contributed by atoms with Crippen LogP contribution in [0.3, 0.4) is 0 Å². The van der Waals surface area contributed by atoms with Crippen LogP contribution >= 0.6 is 0 Å². The summed E-state index contributed by atoms with van der Waals surface area (Å²) >= 11 is 0. The summed E-state index contributed by atoms with van der Waals surface area (Å²) in [6, 6.07) is 0. The van der Waals surface area contributed by atoms with Gasteiger partial charge in [-0.1, -0.05) is 70.9 Å². The van der Waals surface area contributed by atoms with E-state index in [0.717, 1.165) is 30.6 Å². The number of unbranched alkanes of at least 4 members (excludes halogenated alkanes) is 5. The number of hydrogen-bond donors (Lipinski definition) is 0. The van der Waals surface area contributed by atoms with Gasteiger partial charge in [0.1, 0.15) is 12.5 Å². The maximum absolute atomic E-state index is 12.6. The minimum Gasteiger partial charge on any atom is -0.462 e. The molecule has 0 aromatic heterocycles. The Morgan fingerprint density at radius 2 is 1.74 bits per heavy atom. The highest BCUT2D eigenvalue weighted by molar-refractivity contribution is 5.70. The molecule has 35 heavy (non-hydrogen) atoms. The fourth-order valence-corrected chi connectivity index (χ4v) is 8.87. The Morgan fingerprint density at radius 3 is 2.49 bits per heavy atom. The van der Waals surface area contributed by atoms with Crippen molar-refractivity contribution in [2.45, 2.75) is 136 Å². The Morgan fingerprint density at radius 1 is 1.00 bits per heavy atom. The number of ether oxygens (including phenoxy) is 1. The molecule has 0 bridgehead atoms. The average molecular weight is 497 g/mol. The molecule has 200 valence electrons. The zero-order valence-corrected chi connectivity index (χ0v) is 22.2. The first-order valence-electron chi connectivity index (χ1n) is 14.5. The third-order valence-corrected chi connectivity index (χ3v) is 10.8. The molecule has 0 amide bonds. The Balaban J connectivity index is 1.36. The highest BCUT2D eigenvalue weighted by Gasteiger charge is 2.58. The summed E-state index contributed by atoms with van der Waals surface area (Å²) in [6.45, 7) is 7.27. The van der Waals surface area contributed by atoms with E-state index in [2.05, 4.69) is 26.8 Å². The summed E-state index contributed by atoms with van der Waals surface area (Å²) < 4.78 is 42.9. The van der Waals surface area contributed by atoms with Crippen LogP contribution in [0, 0.1) is 34.5 Å². The molecule has 2 nitrogen and oxygen atoms in total. The van der Waals surface area contributed by atoms with Crippen LogP contribution in [-0.4, -0.2) is 18.2 Å². The summed E-state index contributed by atoms with van der Waals surface area (Å²) in [4.78, 5) is 11.8. The number of carbonyl (C=O) groups is 1. The minimum absolute atomic E-state index is 0.120. The summed E-state index contributed by atoms with van der Waals surface area (Å²) in [5.41, 5.74) is 1.95. The van der Waals surface area contributed by atoms with E-state index in [-0.39, 0.29) is 5.41 Å². The van der Waals surface area contributed by atoms with Gasteiger partial charge in [0.25, 0.3) is 0 Å². The van der Waals surface area contributed by atoms with E-state index < -0.39 is 24.7 Å². The molecule has 5 heteroatoms. The molecule has 0 N–H and O–H groups in total. The SMILES string of the molecule is CCCCCCCCC1CCC2C3CC=C4C[C@@H](OC(=O)CC(F)(F)F)CC[C@]4(C)C3CC[C@]12C. The van der Waals surface area contributed by atoms with Crippen molar-refractivity contribution in [1.82, 2.24) is 0 Å². The van der Waals surface area contributed by atoms with Gasteiger partial charge in [0.2, 0.25) is 0 Å². The molecule has 0 saturated heterocycles. The van der Waals surface area contributed by atoms with Gasteiger partial charge in [-0.2, -0.15) is 13.2 Å². The molecule has 0 spiro atoms. The average Bonchev–Trinajstić information content (AvgIpc) is 3.11. The second kappa shape index (κ2) is 10.8. The number of halogens is 3. The first kappa shape index (κ1) is 27.0. The van der Waals surface area contributed by atoms with E-state index in [9.17, 15) is 18.0 Å². The van der Waals surface area contributed by atoms with Gasteiger partial charge in [-0.3, -0.25) is 4.79 Å². The van der Waals surface area contributed by atoms with Crippen molar-refractivity contribution in [3.8, 4) is 0 Å². The highest BCUT2D eigenvalue weighted by Crippen LogP contribution is 2.66. The molecule has 4 aliphatic carbocycles. The van der Waals surface area contributed by atoms with Gasteiger partial charge in [0.15, 0.2) is 0 Å². The van der Waals surface area contributed by atoms with Gasteiger partial charge >= 0.3 is 12.1 Å². The van der Waals surface area contributed by atoms with Gasteiger partial charge in [-0.05, 0) is 85.9 Å². The topological polar surface area (TPSA) is 26.3 Å². The maximum Gasteiger partial charge on any atom is 0.399 e. The molecule has 4 unspecified atom stereocenters. The molecule has 3 saturated carbocycles. The largest absolute Gasteiger partial charge is 0.462 e. The van der Waals surface area contributed by atoms with E-state index in [1.807, 2.05) is 0 Å². The van der Waals surface area contributed by atoms with Gasteiger partial charge in [0, 0.05) is 6.42 Å². The lowest BCUT2D eigenvalue weighted by atomic mass is 9.47. The van der Waals surface area contributed by atoms with Crippen molar-refractivity contribution in [2.24, 2.45) is 34.5 Å². The van der Waals surface area contributed by atoms with E-state index in [4.69, 9.17) is 4.74 Å². The molecule has 0 heterocycles. The van der Waals surface area contributed by atoms with Gasteiger partial charge < -0.3 is 4.74 Å². The van der Waals surface area contributed by atoms with E-state index in [1.165, 1.54) is 76.2 Å². The lowest BCUT2D eigenvalue weighted by molar-refractivity contribution is -0.176. The Kier molecular flexibility index (Phi) is 8.33. The molecule has 7 atom stereocenters. The van der Waals surface area contributed by atoms with Gasteiger partial charge in [-0.25, -0.2) is 0 Å². The second-order valence-corrected chi connectivity index (χ2v) is 12.8. The normalized spacial score (nSPS) is 38.8. The number of hydrogen-bond acceptors (Lipinski definition) is 2. The van der Waals surface area contributed by atoms with Crippen LogP contribution in [0.5, 0.6) is 0 Å². The quantitative estimate of drug-likeness (QED) is 0.181. The zero-order valence-electron chi connectivity index (χ0n) is 22.2. The summed E-state index contributed by atoms with van der Waals surface area (Å²) in [7, 11) is 0. The number of carbonyl (C=O) groups excluding carboxylic acids is 1. The monoisotopic (exact) mass is 496 g/mol. The first-order valence-corrected chi connectivity index (χ1v) is 14.5. The van der Waals surface area contributed by atoms with Crippen molar-refractivity contribution in [3.05, 3.63) is 11.6 Å². The fourth-order valence-electron chi connectivity index (χ4n) is 8.87. The maximum atomic E-state index is 12.6. The zero-order chi connectivity index (χ0) is 25.3. The Bertz CT molecular complexity index is 774. The number of fused-ring (bicyclic) bond motifs is 5. The third-order valence-electron chi connectivity index (χ3n) is 10.8. The fraction of sp³-hybridized carbons (Fsp3) is 0.900. The highest BCUT2D eigenvalue weighted by atomic mass is 19.4. The van der Waals surface area contributed by atoms with Crippen molar-refractivity contribution >= 4 is 5.97 Å². The van der Waals surface area contributed by atoms with E-state index in [0.29, 0.717) is 24.2 Å².